The molecule has 0 aromatic heterocycles. The zero-order valence-corrected chi connectivity index (χ0v) is 19.8. The lowest BCUT2D eigenvalue weighted by molar-refractivity contribution is -0.139. The predicted molar refractivity (Wildman–Crippen MR) is 129 cm³/mol. The molecule has 6 heteroatoms. The number of nitrogens with zero attached hydrogens (tertiary/aromatic N) is 1. The van der Waals surface area contributed by atoms with Gasteiger partial charge in [-0.25, -0.2) is 0 Å². The Balaban J connectivity index is 1.66. The van der Waals surface area contributed by atoms with E-state index in [9.17, 15) is 9.59 Å². The number of halogens is 1. The van der Waals surface area contributed by atoms with E-state index in [0.29, 0.717) is 17.3 Å². The summed E-state index contributed by atoms with van der Waals surface area (Å²) < 4.78 is 0. The minimum absolute atomic E-state index is 0.0173. The topological polar surface area (TPSA) is 49.4 Å². The van der Waals surface area contributed by atoms with Crippen molar-refractivity contribution in [1.29, 1.82) is 0 Å². The van der Waals surface area contributed by atoms with Gasteiger partial charge in [0.05, 0.1) is 5.75 Å². The molecule has 3 rings (SSSR count). The summed E-state index contributed by atoms with van der Waals surface area (Å²) in [4.78, 5) is 27.8. The molecular formula is C25H31ClN2O2S. The zero-order valence-electron chi connectivity index (χ0n) is 18.3. The molecule has 31 heavy (non-hydrogen) atoms. The van der Waals surface area contributed by atoms with Gasteiger partial charge in [-0.1, -0.05) is 60.8 Å². The van der Waals surface area contributed by atoms with E-state index in [1.54, 1.807) is 16.7 Å². The number of carbonyl (C=O) groups excluding carboxylic acids is 2. The number of hydrogen-bond donors (Lipinski definition) is 1. The Morgan fingerprint density at radius 2 is 1.81 bits per heavy atom. The monoisotopic (exact) mass is 458 g/mol. The van der Waals surface area contributed by atoms with Crippen molar-refractivity contribution in [3.8, 4) is 0 Å². The van der Waals surface area contributed by atoms with Crippen LogP contribution < -0.4 is 5.32 Å². The van der Waals surface area contributed by atoms with Gasteiger partial charge in [-0.15, -0.1) is 11.8 Å². The van der Waals surface area contributed by atoms with Gasteiger partial charge in [0.25, 0.3) is 0 Å². The van der Waals surface area contributed by atoms with Gasteiger partial charge in [0.2, 0.25) is 11.8 Å². The van der Waals surface area contributed by atoms with Crippen LogP contribution in [-0.4, -0.2) is 34.6 Å². The smallest absolute Gasteiger partial charge is 0.242 e. The van der Waals surface area contributed by atoms with Crippen molar-refractivity contribution in [2.24, 2.45) is 0 Å². The third-order valence-electron chi connectivity index (χ3n) is 5.88. The minimum Gasteiger partial charge on any atom is -0.352 e. The summed E-state index contributed by atoms with van der Waals surface area (Å²) in [7, 11) is 0. The number of thioether (sulfide) groups is 1. The van der Waals surface area contributed by atoms with E-state index in [2.05, 4.69) is 5.32 Å². The molecule has 0 spiro atoms. The van der Waals surface area contributed by atoms with Gasteiger partial charge in [0, 0.05) is 23.4 Å². The van der Waals surface area contributed by atoms with Crippen LogP contribution in [-0.2, 0) is 21.9 Å². The van der Waals surface area contributed by atoms with E-state index in [1.807, 2.05) is 62.4 Å². The van der Waals surface area contributed by atoms with Gasteiger partial charge in [0.15, 0.2) is 0 Å². The zero-order chi connectivity index (χ0) is 22.2. The molecule has 1 saturated carbocycles. The predicted octanol–water partition coefficient (Wildman–Crippen LogP) is 5.36. The largest absolute Gasteiger partial charge is 0.352 e. The molecule has 1 atom stereocenters. The number of rotatable bonds is 9. The van der Waals surface area contributed by atoms with Crippen molar-refractivity contribution in [2.45, 2.75) is 63.9 Å². The molecule has 0 radical (unpaired) electrons. The van der Waals surface area contributed by atoms with Crippen molar-refractivity contribution in [2.75, 3.05) is 5.75 Å². The van der Waals surface area contributed by atoms with Crippen LogP contribution in [0.15, 0.2) is 48.5 Å². The van der Waals surface area contributed by atoms with Crippen LogP contribution in [0.4, 0.5) is 0 Å². The Morgan fingerprint density at radius 1 is 1.13 bits per heavy atom. The molecule has 1 unspecified atom stereocenters. The Hall–Kier alpha value is -1.98. The first-order valence-corrected chi connectivity index (χ1v) is 12.4. The summed E-state index contributed by atoms with van der Waals surface area (Å²) >= 11 is 7.51. The molecule has 0 aliphatic heterocycles. The second kappa shape index (κ2) is 11.6. The first-order valence-electron chi connectivity index (χ1n) is 10.9. The maximum atomic E-state index is 13.2. The summed E-state index contributed by atoms with van der Waals surface area (Å²) in [5, 5.41) is 3.85. The van der Waals surface area contributed by atoms with Gasteiger partial charge >= 0.3 is 0 Å². The molecule has 0 bridgehead atoms. The summed E-state index contributed by atoms with van der Waals surface area (Å²) in [5.74, 6) is 0.979. The first kappa shape index (κ1) is 23.7. The Morgan fingerprint density at radius 3 is 2.48 bits per heavy atom. The molecule has 0 saturated heterocycles. The van der Waals surface area contributed by atoms with Crippen LogP contribution in [0.3, 0.4) is 0 Å². The summed E-state index contributed by atoms with van der Waals surface area (Å²) in [5.41, 5.74) is 3.32. The van der Waals surface area contributed by atoms with E-state index >= 15 is 0 Å². The van der Waals surface area contributed by atoms with Crippen LogP contribution in [0.1, 0.15) is 49.3 Å². The molecule has 2 aromatic carbocycles. The van der Waals surface area contributed by atoms with Crippen molar-refractivity contribution in [3.63, 3.8) is 0 Å². The number of benzene rings is 2. The minimum atomic E-state index is -0.510. The van der Waals surface area contributed by atoms with Crippen molar-refractivity contribution >= 4 is 35.2 Å². The fourth-order valence-electron chi connectivity index (χ4n) is 3.87. The average molecular weight is 459 g/mol. The number of nitrogens with one attached hydrogen (secondary N) is 1. The van der Waals surface area contributed by atoms with Crippen LogP contribution in [0.5, 0.6) is 0 Å². The van der Waals surface area contributed by atoms with Crippen LogP contribution in [0.25, 0.3) is 0 Å². The lowest BCUT2D eigenvalue weighted by Gasteiger charge is -2.30. The Kier molecular flexibility index (Phi) is 8.85. The molecular weight excluding hydrogens is 428 g/mol. The quantitative estimate of drug-likeness (QED) is 0.550. The lowest BCUT2D eigenvalue weighted by atomic mass is 10.1. The van der Waals surface area contributed by atoms with Crippen LogP contribution in [0.2, 0.25) is 5.02 Å². The van der Waals surface area contributed by atoms with Gasteiger partial charge in [-0.2, -0.15) is 0 Å². The molecule has 1 N–H and O–H groups in total. The summed E-state index contributed by atoms with van der Waals surface area (Å²) in [6.45, 7) is 4.31. The highest BCUT2D eigenvalue weighted by Crippen LogP contribution is 2.20. The van der Waals surface area contributed by atoms with E-state index in [4.69, 9.17) is 11.6 Å². The maximum Gasteiger partial charge on any atom is 0.242 e. The third kappa shape index (κ3) is 7.01. The molecule has 1 aliphatic rings. The van der Waals surface area contributed by atoms with Gasteiger partial charge < -0.3 is 10.2 Å². The molecule has 1 aliphatic carbocycles. The maximum absolute atomic E-state index is 13.2. The van der Waals surface area contributed by atoms with E-state index in [1.165, 1.54) is 0 Å². The normalized spacial score (nSPS) is 14.9. The summed E-state index contributed by atoms with van der Waals surface area (Å²) in [6, 6.07) is 15.4. The van der Waals surface area contributed by atoms with E-state index in [0.717, 1.165) is 48.1 Å². The highest BCUT2D eigenvalue weighted by atomic mass is 35.5. The first-order chi connectivity index (χ1) is 14.9. The Labute approximate surface area is 194 Å². The summed E-state index contributed by atoms with van der Waals surface area (Å²) in [6.07, 6.45) is 4.38. The molecule has 166 valence electrons. The second-order valence-corrected chi connectivity index (χ2v) is 9.66. The van der Waals surface area contributed by atoms with Crippen LogP contribution >= 0.6 is 23.4 Å². The third-order valence-corrected chi connectivity index (χ3v) is 7.12. The van der Waals surface area contributed by atoms with Crippen molar-refractivity contribution in [1.82, 2.24) is 10.2 Å². The fourth-order valence-corrected chi connectivity index (χ4v) is 4.86. The number of amides is 2. The van der Waals surface area contributed by atoms with E-state index < -0.39 is 6.04 Å². The molecule has 1 fully saturated rings. The number of carbonyl (C=O) groups is 2. The van der Waals surface area contributed by atoms with E-state index in [-0.39, 0.29) is 17.9 Å². The van der Waals surface area contributed by atoms with Crippen LogP contribution in [0, 0.1) is 6.92 Å². The number of hydrogen-bond acceptors (Lipinski definition) is 3. The SMILES string of the molecule is Cc1ccccc1CN(C(=O)CSCc1ccc(Cl)cc1)C(C)C(=O)NC1CCCC1. The standard InChI is InChI=1S/C25H31ClN2O2S/c1-18-7-3-4-8-21(18)15-28(19(2)25(30)27-23-9-5-6-10-23)24(29)17-31-16-20-11-13-22(26)14-12-20/h3-4,7-8,11-14,19,23H,5-6,9-10,15-17H2,1-2H3,(H,27,30). The highest BCUT2D eigenvalue weighted by Gasteiger charge is 2.28. The molecule has 2 aromatic rings. The van der Waals surface area contributed by atoms with Gasteiger partial charge in [-0.05, 0) is 55.5 Å². The molecule has 4 nitrogen and oxygen atoms in total. The van der Waals surface area contributed by atoms with Gasteiger partial charge in [0.1, 0.15) is 6.04 Å². The van der Waals surface area contributed by atoms with Crippen molar-refractivity contribution in [3.05, 3.63) is 70.2 Å². The fraction of sp³-hybridized carbons (Fsp3) is 0.440. The second-order valence-electron chi connectivity index (χ2n) is 8.23. The highest BCUT2D eigenvalue weighted by molar-refractivity contribution is 7.99. The van der Waals surface area contributed by atoms with Gasteiger partial charge in [-0.3, -0.25) is 9.59 Å². The molecule has 2 amide bonds. The average Bonchev–Trinajstić information content (AvgIpc) is 3.27. The van der Waals surface area contributed by atoms with Crippen molar-refractivity contribution < 1.29 is 9.59 Å². The molecule has 0 heterocycles. The Bertz CT molecular complexity index is 881. The number of aryl methyl sites for hydroxylation is 1. The lowest BCUT2D eigenvalue weighted by Crippen LogP contribution is -2.50.